The first-order valence-electron chi connectivity index (χ1n) is 6.85. The molecule has 2 unspecified atom stereocenters. The molecule has 4 amide bonds. The van der Waals surface area contributed by atoms with Crippen molar-refractivity contribution in [2.45, 2.75) is 53.4 Å². The lowest BCUT2D eigenvalue weighted by Gasteiger charge is -2.14. The molecule has 2 aliphatic rings. The van der Waals surface area contributed by atoms with Gasteiger partial charge in [-0.25, -0.2) is 0 Å². The van der Waals surface area contributed by atoms with E-state index in [1.807, 2.05) is 27.7 Å². The van der Waals surface area contributed by atoms with Crippen LogP contribution in [0.15, 0.2) is 0 Å². The lowest BCUT2D eigenvalue weighted by molar-refractivity contribution is -0.129. The van der Waals surface area contributed by atoms with Gasteiger partial charge in [0.05, 0.1) is 10.8 Å². The predicted octanol–water partition coefficient (Wildman–Crippen LogP) is 0.898. The average molecular weight is 282 g/mol. The highest BCUT2D eigenvalue weighted by atomic mass is 16.2. The molecule has 0 aromatic heterocycles. The van der Waals surface area contributed by atoms with Crippen molar-refractivity contribution in [1.82, 2.24) is 10.6 Å². The molecule has 2 atom stereocenters. The van der Waals surface area contributed by atoms with Gasteiger partial charge in [0.15, 0.2) is 0 Å². The zero-order valence-corrected chi connectivity index (χ0v) is 12.5. The van der Waals surface area contributed by atoms with E-state index in [0.29, 0.717) is 12.8 Å². The average Bonchev–Trinajstić information content (AvgIpc) is 2.78. The maximum absolute atomic E-state index is 11.0. The topological polar surface area (TPSA) is 92.3 Å². The minimum absolute atomic E-state index is 0.125. The minimum Gasteiger partial charge on any atom is -0.296 e. The normalized spacial score (nSPS) is 32.6. The lowest BCUT2D eigenvalue weighted by Crippen LogP contribution is -2.28. The summed E-state index contributed by atoms with van der Waals surface area (Å²) in [6.45, 7) is 7.46. The number of carbonyl (C=O) groups excluding carboxylic acids is 4. The van der Waals surface area contributed by atoms with Gasteiger partial charge in [0.1, 0.15) is 0 Å². The third-order valence-corrected chi connectivity index (χ3v) is 4.26. The van der Waals surface area contributed by atoms with Crippen LogP contribution < -0.4 is 10.6 Å². The van der Waals surface area contributed by atoms with Crippen molar-refractivity contribution in [3.8, 4) is 0 Å². The van der Waals surface area contributed by atoms with Crippen LogP contribution in [-0.4, -0.2) is 23.6 Å². The Balaban J connectivity index is 0.000000200. The molecule has 0 aliphatic carbocycles. The highest BCUT2D eigenvalue weighted by Crippen LogP contribution is 2.30. The van der Waals surface area contributed by atoms with E-state index in [1.54, 1.807) is 0 Å². The number of rotatable bonds is 2. The smallest absolute Gasteiger partial charge is 0.232 e. The molecule has 0 saturated carbocycles. The number of hydrogen-bond donors (Lipinski definition) is 2. The zero-order chi connectivity index (χ0) is 15.6. The highest BCUT2D eigenvalue weighted by molar-refractivity contribution is 6.06. The van der Waals surface area contributed by atoms with Crippen LogP contribution in [0.25, 0.3) is 0 Å². The Morgan fingerprint density at radius 3 is 1.20 bits per heavy atom. The van der Waals surface area contributed by atoms with Crippen molar-refractivity contribution in [2.75, 3.05) is 0 Å². The molecule has 0 aromatic carbocycles. The van der Waals surface area contributed by atoms with E-state index < -0.39 is 10.8 Å². The largest absolute Gasteiger partial charge is 0.296 e. The minimum atomic E-state index is -0.433. The SMILES string of the molecule is CCC1(C)CC(=O)NC1=O.CCC1(C)CC(=O)NC1=O. The fraction of sp³-hybridized carbons (Fsp3) is 0.714. The molecular formula is C14H22N2O4. The standard InChI is InChI=1S/2C7H11NO2/c2*1-3-7(2)4-5(9)8-6(7)10/h2*3-4H2,1-2H3,(H,8,9,10). The molecule has 2 fully saturated rings. The van der Waals surface area contributed by atoms with E-state index in [-0.39, 0.29) is 23.6 Å². The van der Waals surface area contributed by atoms with E-state index in [0.717, 1.165) is 12.8 Å². The van der Waals surface area contributed by atoms with Gasteiger partial charge in [-0.1, -0.05) is 27.7 Å². The summed E-state index contributed by atoms with van der Waals surface area (Å²) in [7, 11) is 0. The molecule has 2 aliphatic heterocycles. The van der Waals surface area contributed by atoms with Crippen molar-refractivity contribution in [2.24, 2.45) is 10.8 Å². The second-order valence-electron chi connectivity index (χ2n) is 5.94. The Bertz CT molecular complexity index is 418. The van der Waals surface area contributed by atoms with Crippen LogP contribution in [0.4, 0.5) is 0 Å². The molecule has 6 heteroatoms. The Morgan fingerprint density at radius 2 is 1.10 bits per heavy atom. The van der Waals surface area contributed by atoms with Gasteiger partial charge < -0.3 is 0 Å². The zero-order valence-electron chi connectivity index (χ0n) is 12.5. The number of hydrogen-bond acceptors (Lipinski definition) is 4. The fourth-order valence-corrected chi connectivity index (χ4v) is 2.08. The number of carbonyl (C=O) groups is 4. The summed E-state index contributed by atoms with van der Waals surface area (Å²) in [4.78, 5) is 43.4. The number of amides is 4. The van der Waals surface area contributed by atoms with Crippen LogP contribution in [0.1, 0.15) is 53.4 Å². The van der Waals surface area contributed by atoms with E-state index >= 15 is 0 Å². The molecule has 2 N–H and O–H groups in total. The van der Waals surface area contributed by atoms with Gasteiger partial charge in [-0.3, -0.25) is 29.8 Å². The van der Waals surface area contributed by atoms with Gasteiger partial charge in [-0.15, -0.1) is 0 Å². The molecule has 2 saturated heterocycles. The monoisotopic (exact) mass is 282 g/mol. The van der Waals surface area contributed by atoms with Crippen LogP contribution in [0, 0.1) is 10.8 Å². The number of imide groups is 2. The quantitative estimate of drug-likeness (QED) is 0.736. The molecule has 0 bridgehead atoms. The van der Waals surface area contributed by atoms with E-state index in [2.05, 4.69) is 10.6 Å². The number of nitrogens with one attached hydrogen (secondary N) is 2. The van der Waals surface area contributed by atoms with Crippen LogP contribution in [0.3, 0.4) is 0 Å². The Hall–Kier alpha value is -1.72. The van der Waals surface area contributed by atoms with Crippen LogP contribution in [0.2, 0.25) is 0 Å². The third-order valence-electron chi connectivity index (χ3n) is 4.26. The molecule has 112 valence electrons. The first kappa shape index (κ1) is 16.3. The molecule has 0 spiro atoms. The molecular weight excluding hydrogens is 260 g/mol. The molecule has 0 aromatic rings. The van der Waals surface area contributed by atoms with E-state index in [9.17, 15) is 19.2 Å². The molecule has 6 nitrogen and oxygen atoms in total. The molecule has 2 rings (SSSR count). The summed E-state index contributed by atoms with van der Waals surface area (Å²) < 4.78 is 0. The Morgan fingerprint density at radius 1 is 0.800 bits per heavy atom. The van der Waals surface area contributed by atoms with Gasteiger partial charge in [0, 0.05) is 12.8 Å². The van der Waals surface area contributed by atoms with Gasteiger partial charge in [-0.2, -0.15) is 0 Å². The van der Waals surface area contributed by atoms with Gasteiger partial charge in [0.2, 0.25) is 23.6 Å². The second-order valence-corrected chi connectivity index (χ2v) is 5.94. The van der Waals surface area contributed by atoms with Crippen molar-refractivity contribution < 1.29 is 19.2 Å². The van der Waals surface area contributed by atoms with Crippen molar-refractivity contribution in [3.05, 3.63) is 0 Å². The van der Waals surface area contributed by atoms with E-state index in [4.69, 9.17) is 0 Å². The fourth-order valence-electron chi connectivity index (χ4n) is 2.08. The van der Waals surface area contributed by atoms with Crippen LogP contribution >= 0.6 is 0 Å². The summed E-state index contributed by atoms with van der Waals surface area (Å²) in [5.41, 5.74) is -0.867. The maximum Gasteiger partial charge on any atom is 0.232 e. The first-order valence-corrected chi connectivity index (χ1v) is 6.85. The maximum atomic E-state index is 11.0. The van der Waals surface area contributed by atoms with Crippen LogP contribution in [0.5, 0.6) is 0 Å². The second kappa shape index (κ2) is 5.73. The summed E-state index contributed by atoms with van der Waals surface area (Å²) in [5, 5.41) is 4.56. The van der Waals surface area contributed by atoms with Gasteiger partial charge in [-0.05, 0) is 12.8 Å². The lowest BCUT2D eigenvalue weighted by atomic mass is 9.86. The third kappa shape index (κ3) is 3.23. The first-order chi connectivity index (χ1) is 9.16. The Labute approximate surface area is 118 Å². The highest BCUT2D eigenvalue weighted by Gasteiger charge is 2.41. The summed E-state index contributed by atoms with van der Waals surface area (Å²) >= 11 is 0. The molecule has 0 radical (unpaired) electrons. The molecule has 2 heterocycles. The summed E-state index contributed by atoms with van der Waals surface area (Å²) in [5.74, 6) is -0.538. The summed E-state index contributed by atoms with van der Waals surface area (Å²) in [6.07, 6.45) is 2.15. The van der Waals surface area contributed by atoms with Crippen molar-refractivity contribution in [3.63, 3.8) is 0 Å². The van der Waals surface area contributed by atoms with Crippen LogP contribution in [-0.2, 0) is 19.2 Å². The van der Waals surface area contributed by atoms with Gasteiger partial charge >= 0.3 is 0 Å². The molecule has 20 heavy (non-hydrogen) atoms. The van der Waals surface area contributed by atoms with Gasteiger partial charge in [0.25, 0.3) is 0 Å². The van der Waals surface area contributed by atoms with Crippen molar-refractivity contribution >= 4 is 23.6 Å². The van der Waals surface area contributed by atoms with E-state index in [1.165, 1.54) is 0 Å². The van der Waals surface area contributed by atoms with Crippen molar-refractivity contribution in [1.29, 1.82) is 0 Å². The predicted molar refractivity (Wildman–Crippen MR) is 72.3 cm³/mol. The summed E-state index contributed by atoms with van der Waals surface area (Å²) in [6, 6.07) is 0. The Kier molecular flexibility index (Phi) is 4.68.